The molecule has 0 saturated heterocycles. The Morgan fingerprint density at radius 1 is 1.73 bits per heavy atom. The third-order valence-corrected chi connectivity index (χ3v) is 2.13. The fourth-order valence-corrected chi connectivity index (χ4v) is 1.36. The summed E-state index contributed by atoms with van der Waals surface area (Å²) in [5.74, 6) is 0.465. The molecular weight excluding hydrogens is 144 g/mol. The summed E-state index contributed by atoms with van der Waals surface area (Å²) in [6, 6.07) is -0.191. The number of methoxy groups -OCH3 is 1. The Balaban J connectivity index is 2.20. The fourth-order valence-electron chi connectivity index (χ4n) is 1.36. The van der Waals surface area contributed by atoms with Crippen molar-refractivity contribution in [3.63, 3.8) is 0 Å². The molecule has 4 nitrogen and oxygen atoms in total. The van der Waals surface area contributed by atoms with Crippen molar-refractivity contribution in [1.82, 2.24) is 5.32 Å². The number of nitrogens with one attached hydrogen (secondary N) is 1. The third-order valence-electron chi connectivity index (χ3n) is 2.13. The van der Waals surface area contributed by atoms with Gasteiger partial charge in [0.25, 0.3) is 0 Å². The molecule has 0 radical (unpaired) electrons. The highest BCUT2D eigenvalue weighted by atomic mass is 16.5. The largest absolute Gasteiger partial charge is 0.384 e. The molecule has 0 aliphatic heterocycles. The first-order chi connectivity index (χ1) is 5.24. The van der Waals surface area contributed by atoms with E-state index in [0.29, 0.717) is 12.5 Å². The van der Waals surface area contributed by atoms with Crippen LogP contribution in [0.5, 0.6) is 0 Å². The quantitative estimate of drug-likeness (QED) is 0.611. The van der Waals surface area contributed by atoms with Crippen LogP contribution in [0.4, 0.5) is 4.79 Å². The number of carbonyl (C=O) groups is 1. The molecule has 1 fully saturated rings. The number of hydrogen-bond acceptors (Lipinski definition) is 2. The first-order valence-electron chi connectivity index (χ1n) is 3.79. The Morgan fingerprint density at radius 2 is 2.45 bits per heavy atom. The van der Waals surface area contributed by atoms with Crippen molar-refractivity contribution < 1.29 is 9.53 Å². The van der Waals surface area contributed by atoms with Crippen LogP contribution < -0.4 is 11.1 Å². The topological polar surface area (TPSA) is 64.3 Å². The smallest absolute Gasteiger partial charge is 0.312 e. The molecule has 0 bridgehead atoms. The zero-order valence-electron chi connectivity index (χ0n) is 6.67. The minimum absolute atomic E-state index is 0.243. The number of amides is 2. The molecule has 0 aromatic carbocycles. The zero-order valence-corrected chi connectivity index (χ0v) is 6.67. The van der Waals surface area contributed by atoms with Gasteiger partial charge in [-0.05, 0) is 12.8 Å². The van der Waals surface area contributed by atoms with Gasteiger partial charge in [0.2, 0.25) is 0 Å². The van der Waals surface area contributed by atoms with E-state index in [1.165, 1.54) is 0 Å². The van der Waals surface area contributed by atoms with Gasteiger partial charge in [-0.3, -0.25) is 0 Å². The van der Waals surface area contributed by atoms with Crippen LogP contribution >= 0.6 is 0 Å². The van der Waals surface area contributed by atoms with Gasteiger partial charge in [-0.1, -0.05) is 0 Å². The molecule has 1 saturated carbocycles. The van der Waals surface area contributed by atoms with E-state index in [9.17, 15) is 4.79 Å². The van der Waals surface area contributed by atoms with E-state index in [4.69, 9.17) is 10.5 Å². The molecule has 3 N–H and O–H groups in total. The van der Waals surface area contributed by atoms with Crippen LogP contribution in [0.15, 0.2) is 0 Å². The van der Waals surface area contributed by atoms with Crippen LogP contribution in [0, 0.1) is 5.92 Å². The van der Waals surface area contributed by atoms with Crippen LogP contribution in [0.3, 0.4) is 0 Å². The highest BCUT2D eigenvalue weighted by Crippen LogP contribution is 2.27. The van der Waals surface area contributed by atoms with Crippen LogP contribution in [-0.4, -0.2) is 25.8 Å². The maximum Gasteiger partial charge on any atom is 0.312 e. The Hall–Kier alpha value is -0.770. The van der Waals surface area contributed by atoms with Crippen molar-refractivity contribution >= 4 is 6.03 Å². The fraction of sp³-hybridized carbons (Fsp3) is 0.857. The summed E-state index contributed by atoms with van der Waals surface area (Å²) < 4.78 is 4.97. The van der Waals surface area contributed by atoms with Gasteiger partial charge in [0.1, 0.15) is 0 Å². The molecular formula is C7H14N2O2. The predicted octanol–water partition coefficient (Wildman–Crippen LogP) is 0.0797. The molecule has 0 aromatic heterocycles. The van der Waals surface area contributed by atoms with Gasteiger partial charge in [-0.15, -0.1) is 0 Å². The lowest BCUT2D eigenvalue weighted by Crippen LogP contribution is -2.50. The van der Waals surface area contributed by atoms with Crippen molar-refractivity contribution in [1.29, 1.82) is 0 Å². The maximum atomic E-state index is 10.4. The van der Waals surface area contributed by atoms with Crippen LogP contribution in [0.2, 0.25) is 0 Å². The number of rotatable bonds is 3. The van der Waals surface area contributed by atoms with Crippen LogP contribution in [-0.2, 0) is 4.74 Å². The van der Waals surface area contributed by atoms with Gasteiger partial charge in [0, 0.05) is 19.1 Å². The van der Waals surface area contributed by atoms with Gasteiger partial charge in [0.15, 0.2) is 0 Å². The van der Waals surface area contributed by atoms with Crippen molar-refractivity contribution in [2.45, 2.75) is 18.9 Å². The standard InChI is InChI=1S/C7H14N2O2/c1-11-4-5-2-3-6(5)9-7(8)10/h5-6H,2-4H2,1H3,(H3,8,9,10)/t5-,6+/m0/s1. The van der Waals surface area contributed by atoms with Gasteiger partial charge in [0.05, 0.1) is 6.61 Å². The number of ether oxygens (including phenoxy) is 1. The monoisotopic (exact) mass is 158 g/mol. The normalized spacial score (nSPS) is 29.2. The van der Waals surface area contributed by atoms with E-state index < -0.39 is 6.03 Å². The van der Waals surface area contributed by atoms with Gasteiger partial charge < -0.3 is 15.8 Å². The van der Waals surface area contributed by atoms with Crippen molar-refractivity contribution in [2.75, 3.05) is 13.7 Å². The lowest BCUT2D eigenvalue weighted by Gasteiger charge is -2.35. The summed E-state index contributed by atoms with van der Waals surface area (Å²) in [7, 11) is 1.67. The molecule has 2 atom stereocenters. The number of nitrogens with two attached hydrogens (primary N) is 1. The Kier molecular flexibility index (Phi) is 2.70. The minimum Gasteiger partial charge on any atom is -0.384 e. The molecule has 0 aromatic rings. The molecule has 1 rings (SSSR count). The van der Waals surface area contributed by atoms with Gasteiger partial charge in [-0.25, -0.2) is 4.79 Å². The van der Waals surface area contributed by atoms with E-state index in [1.54, 1.807) is 7.11 Å². The lowest BCUT2D eigenvalue weighted by molar-refractivity contribution is 0.0838. The van der Waals surface area contributed by atoms with Crippen molar-refractivity contribution in [2.24, 2.45) is 11.7 Å². The summed E-state index contributed by atoms with van der Waals surface area (Å²) >= 11 is 0. The molecule has 1 aliphatic carbocycles. The average Bonchev–Trinajstić information content (AvgIpc) is 1.93. The molecule has 4 heteroatoms. The number of urea groups is 1. The van der Waals surface area contributed by atoms with Crippen molar-refractivity contribution in [3.8, 4) is 0 Å². The van der Waals surface area contributed by atoms with Gasteiger partial charge >= 0.3 is 6.03 Å². The number of hydrogen-bond donors (Lipinski definition) is 2. The third kappa shape index (κ3) is 2.08. The summed E-state index contributed by atoms with van der Waals surface area (Å²) in [6.07, 6.45) is 2.15. The second-order valence-corrected chi connectivity index (χ2v) is 2.91. The first kappa shape index (κ1) is 8.33. The van der Waals surface area contributed by atoms with E-state index >= 15 is 0 Å². The predicted molar refractivity (Wildman–Crippen MR) is 41.1 cm³/mol. The van der Waals surface area contributed by atoms with E-state index in [2.05, 4.69) is 5.32 Å². The first-order valence-corrected chi connectivity index (χ1v) is 3.79. The Labute approximate surface area is 66.1 Å². The highest BCUT2D eigenvalue weighted by molar-refractivity contribution is 5.72. The SMILES string of the molecule is COC[C@@H]1CC[C@H]1NC(N)=O. The molecule has 64 valence electrons. The number of carbonyl (C=O) groups excluding carboxylic acids is 1. The summed E-state index contributed by atoms with van der Waals surface area (Å²) in [5, 5.41) is 2.67. The average molecular weight is 158 g/mol. The minimum atomic E-state index is -0.434. The highest BCUT2D eigenvalue weighted by Gasteiger charge is 2.31. The van der Waals surface area contributed by atoms with E-state index in [-0.39, 0.29) is 6.04 Å². The van der Waals surface area contributed by atoms with Crippen LogP contribution in [0.1, 0.15) is 12.8 Å². The second kappa shape index (κ2) is 3.57. The van der Waals surface area contributed by atoms with Crippen molar-refractivity contribution in [3.05, 3.63) is 0 Å². The molecule has 0 heterocycles. The summed E-state index contributed by atoms with van der Waals surface area (Å²) in [4.78, 5) is 10.4. The Morgan fingerprint density at radius 3 is 2.82 bits per heavy atom. The molecule has 2 amide bonds. The molecule has 11 heavy (non-hydrogen) atoms. The number of primary amides is 1. The maximum absolute atomic E-state index is 10.4. The Bertz CT molecular complexity index is 149. The van der Waals surface area contributed by atoms with Gasteiger partial charge in [-0.2, -0.15) is 0 Å². The molecule has 0 unspecified atom stereocenters. The lowest BCUT2D eigenvalue weighted by atomic mass is 9.80. The van der Waals surface area contributed by atoms with E-state index in [1.807, 2.05) is 0 Å². The zero-order chi connectivity index (χ0) is 8.27. The summed E-state index contributed by atoms with van der Waals surface area (Å²) in [6.45, 7) is 0.713. The van der Waals surface area contributed by atoms with E-state index in [0.717, 1.165) is 12.8 Å². The molecule has 0 spiro atoms. The summed E-state index contributed by atoms with van der Waals surface area (Å²) in [5.41, 5.74) is 4.97. The van der Waals surface area contributed by atoms with Crippen LogP contribution in [0.25, 0.3) is 0 Å². The molecule has 1 aliphatic rings. The second-order valence-electron chi connectivity index (χ2n) is 2.91.